The first kappa shape index (κ1) is 20.5. The SMILES string of the molecule is CCOC(=O)C1CCCN(Cc2csc(CC(=O)Nc3ccccc3C)n2)C1. The average molecular weight is 402 g/mol. The van der Waals surface area contributed by atoms with Crippen LogP contribution in [0.2, 0.25) is 0 Å². The molecule has 1 N–H and O–H groups in total. The van der Waals surface area contributed by atoms with Crippen LogP contribution in [0, 0.1) is 12.8 Å². The van der Waals surface area contributed by atoms with Crippen LogP contribution in [0.3, 0.4) is 0 Å². The van der Waals surface area contributed by atoms with Gasteiger partial charge in [0.1, 0.15) is 5.01 Å². The third-order valence-electron chi connectivity index (χ3n) is 4.84. The molecule has 0 saturated carbocycles. The van der Waals surface area contributed by atoms with E-state index in [0.29, 0.717) is 19.7 Å². The number of thiazole rings is 1. The summed E-state index contributed by atoms with van der Waals surface area (Å²) in [5.41, 5.74) is 2.83. The maximum atomic E-state index is 12.3. The predicted octanol–water partition coefficient (Wildman–Crippen LogP) is 3.41. The molecule has 2 aromatic rings. The van der Waals surface area contributed by atoms with E-state index in [0.717, 1.165) is 41.3 Å². The van der Waals surface area contributed by atoms with Crippen LogP contribution in [-0.2, 0) is 27.3 Å². The number of anilines is 1. The predicted molar refractivity (Wildman–Crippen MR) is 110 cm³/mol. The summed E-state index contributed by atoms with van der Waals surface area (Å²) in [7, 11) is 0. The van der Waals surface area contributed by atoms with E-state index >= 15 is 0 Å². The fourth-order valence-corrected chi connectivity index (χ4v) is 4.21. The van der Waals surface area contributed by atoms with Gasteiger partial charge >= 0.3 is 5.97 Å². The summed E-state index contributed by atoms with van der Waals surface area (Å²) in [5, 5.41) is 5.76. The summed E-state index contributed by atoms with van der Waals surface area (Å²) >= 11 is 1.51. The number of para-hydroxylation sites is 1. The average Bonchev–Trinajstić information content (AvgIpc) is 3.10. The first-order chi connectivity index (χ1) is 13.5. The van der Waals surface area contributed by atoms with E-state index in [9.17, 15) is 9.59 Å². The molecule has 1 aromatic carbocycles. The molecule has 1 aliphatic heterocycles. The number of piperidine rings is 1. The number of ether oxygens (including phenoxy) is 1. The van der Waals surface area contributed by atoms with Crippen LogP contribution in [-0.4, -0.2) is 41.5 Å². The smallest absolute Gasteiger partial charge is 0.310 e. The van der Waals surface area contributed by atoms with Gasteiger partial charge in [-0.05, 0) is 44.9 Å². The van der Waals surface area contributed by atoms with Gasteiger partial charge < -0.3 is 10.1 Å². The van der Waals surface area contributed by atoms with Gasteiger partial charge in [0.2, 0.25) is 5.91 Å². The minimum Gasteiger partial charge on any atom is -0.466 e. The highest BCUT2D eigenvalue weighted by Crippen LogP contribution is 2.21. The Hall–Kier alpha value is -2.25. The van der Waals surface area contributed by atoms with Crippen LogP contribution in [0.25, 0.3) is 0 Å². The second-order valence-electron chi connectivity index (χ2n) is 7.10. The summed E-state index contributed by atoms with van der Waals surface area (Å²) < 4.78 is 5.16. The number of nitrogens with one attached hydrogen (secondary N) is 1. The molecule has 28 heavy (non-hydrogen) atoms. The molecule has 0 radical (unpaired) electrons. The number of benzene rings is 1. The number of nitrogens with zero attached hydrogens (tertiary/aromatic N) is 2. The Morgan fingerprint density at radius 1 is 1.36 bits per heavy atom. The number of hydrogen-bond donors (Lipinski definition) is 1. The van der Waals surface area contributed by atoms with E-state index in [-0.39, 0.29) is 24.2 Å². The fraction of sp³-hybridized carbons (Fsp3) is 0.476. The van der Waals surface area contributed by atoms with Crippen LogP contribution in [0.5, 0.6) is 0 Å². The van der Waals surface area contributed by atoms with Crippen molar-refractivity contribution in [1.29, 1.82) is 0 Å². The molecule has 1 aliphatic rings. The number of aryl methyl sites for hydroxylation is 1. The molecule has 1 amide bonds. The van der Waals surface area contributed by atoms with Gasteiger partial charge in [0.05, 0.1) is 24.6 Å². The first-order valence-electron chi connectivity index (χ1n) is 9.73. The number of aromatic nitrogens is 1. The summed E-state index contributed by atoms with van der Waals surface area (Å²) in [5.74, 6) is -0.207. The minimum absolute atomic E-state index is 0.0494. The number of carbonyl (C=O) groups is 2. The number of amides is 1. The molecule has 0 spiro atoms. The maximum absolute atomic E-state index is 12.3. The minimum atomic E-state index is -0.0981. The molecule has 1 saturated heterocycles. The van der Waals surface area contributed by atoms with E-state index in [1.807, 2.05) is 43.5 Å². The Morgan fingerprint density at radius 3 is 2.96 bits per heavy atom. The summed E-state index contributed by atoms with van der Waals surface area (Å²) in [6, 6.07) is 7.73. The molecule has 0 bridgehead atoms. The van der Waals surface area contributed by atoms with E-state index in [1.54, 1.807) is 0 Å². The Balaban J connectivity index is 1.52. The standard InChI is InChI=1S/C21H27N3O3S/c1-3-27-21(26)16-8-6-10-24(12-16)13-17-14-28-20(22-17)11-19(25)23-18-9-5-4-7-15(18)2/h4-5,7,9,14,16H,3,6,8,10-13H2,1-2H3,(H,23,25). The molecular formula is C21H27N3O3S. The van der Waals surface area contributed by atoms with E-state index in [4.69, 9.17) is 4.74 Å². The van der Waals surface area contributed by atoms with Gasteiger partial charge in [-0.1, -0.05) is 18.2 Å². The zero-order chi connectivity index (χ0) is 19.9. The molecule has 7 heteroatoms. The number of rotatable bonds is 7. The quantitative estimate of drug-likeness (QED) is 0.720. The Bertz CT molecular complexity index is 821. The van der Waals surface area contributed by atoms with Crippen molar-refractivity contribution in [3.63, 3.8) is 0 Å². The maximum Gasteiger partial charge on any atom is 0.310 e. The molecular weight excluding hydrogens is 374 g/mol. The lowest BCUT2D eigenvalue weighted by molar-refractivity contribution is -0.150. The molecule has 2 heterocycles. The number of carbonyl (C=O) groups excluding carboxylic acids is 2. The van der Waals surface area contributed by atoms with Crippen molar-refractivity contribution in [2.75, 3.05) is 25.0 Å². The normalized spacial score (nSPS) is 17.3. The molecule has 0 aliphatic carbocycles. The van der Waals surface area contributed by atoms with Gasteiger partial charge in [-0.25, -0.2) is 4.98 Å². The van der Waals surface area contributed by atoms with Gasteiger partial charge in [0.25, 0.3) is 0 Å². The monoisotopic (exact) mass is 401 g/mol. The number of hydrogen-bond acceptors (Lipinski definition) is 6. The Morgan fingerprint density at radius 2 is 2.18 bits per heavy atom. The van der Waals surface area contributed by atoms with Crippen LogP contribution in [0.4, 0.5) is 5.69 Å². The number of likely N-dealkylation sites (tertiary alicyclic amines) is 1. The van der Waals surface area contributed by atoms with Crippen molar-refractivity contribution in [1.82, 2.24) is 9.88 Å². The summed E-state index contributed by atoms with van der Waals surface area (Å²) in [6.07, 6.45) is 2.14. The Labute approximate surface area is 169 Å². The highest BCUT2D eigenvalue weighted by atomic mass is 32.1. The van der Waals surface area contributed by atoms with Crippen LogP contribution in [0.1, 0.15) is 36.0 Å². The lowest BCUT2D eigenvalue weighted by Crippen LogP contribution is -2.39. The van der Waals surface area contributed by atoms with Crippen molar-refractivity contribution in [2.24, 2.45) is 5.92 Å². The lowest BCUT2D eigenvalue weighted by atomic mass is 9.98. The van der Waals surface area contributed by atoms with Gasteiger partial charge in [0.15, 0.2) is 0 Å². The Kier molecular flexibility index (Phi) is 7.17. The largest absolute Gasteiger partial charge is 0.466 e. The second kappa shape index (κ2) is 9.80. The van der Waals surface area contributed by atoms with Gasteiger partial charge in [-0.2, -0.15) is 0 Å². The van der Waals surface area contributed by atoms with Crippen molar-refractivity contribution in [3.05, 3.63) is 45.9 Å². The molecule has 1 atom stereocenters. The lowest BCUT2D eigenvalue weighted by Gasteiger charge is -2.30. The molecule has 150 valence electrons. The van der Waals surface area contributed by atoms with Crippen LogP contribution in [0.15, 0.2) is 29.6 Å². The van der Waals surface area contributed by atoms with Crippen molar-refractivity contribution in [3.8, 4) is 0 Å². The molecule has 6 nitrogen and oxygen atoms in total. The van der Waals surface area contributed by atoms with Gasteiger partial charge in [-0.15, -0.1) is 11.3 Å². The highest BCUT2D eigenvalue weighted by molar-refractivity contribution is 7.09. The zero-order valence-electron chi connectivity index (χ0n) is 16.4. The van der Waals surface area contributed by atoms with Crippen LogP contribution < -0.4 is 5.32 Å². The van der Waals surface area contributed by atoms with Gasteiger partial charge in [0, 0.05) is 24.2 Å². The van der Waals surface area contributed by atoms with E-state index < -0.39 is 0 Å². The highest BCUT2D eigenvalue weighted by Gasteiger charge is 2.27. The second-order valence-corrected chi connectivity index (χ2v) is 8.04. The van der Waals surface area contributed by atoms with Crippen molar-refractivity contribution >= 4 is 28.9 Å². The third-order valence-corrected chi connectivity index (χ3v) is 5.74. The molecule has 3 rings (SSSR count). The van der Waals surface area contributed by atoms with Crippen molar-refractivity contribution in [2.45, 2.75) is 39.7 Å². The molecule has 1 fully saturated rings. The third kappa shape index (κ3) is 5.62. The molecule has 1 unspecified atom stereocenters. The van der Waals surface area contributed by atoms with E-state index in [1.165, 1.54) is 11.3 Å². The summed E-state index contributed by atoms with van der Waals surface area (Å²) in [6.45, 7) is 6.60. The molecule has 1 aromatic heterocycles. The van der Waals surface area contributed by atoms with Gasteiger partial charge in [-0.3, -0.25) is 14.5 Å². The number of esters is 1. The fourth-order valence-electron chi connectivity index (χ4n) is 3.43. The first-order valence-corrected chi connectivity index (χ1v) is 10.6. The van der Waals surface area contributed by atoms with Crippen LogP contribution >= 0.6 is 11.3 Å². The summed E-state index contributed by atoms with van der Waals surface area (Å²) in [4.78, 5) is 31.2. The van der Waals surface area contributed by atoms with Crippen molar-refractivity contribution < 1.29 is 14.3 Å². The van der Waals surface area contributed by atoms with E-state index in [2.05, 4.69) is 15.2 Å². The topological polar surface area (TPSA) is 71.5 Å². The zero-order valence-corrected chi connectivity index (χ0v) is 17.3.